The number of benzene rings is 1. The Hall–Kier alpha value is -3.77. The molecular formula is C28H39BN4O7. The summed E-state index contributed by atoms with van der Waals surface area (Å²) in [6.07, 6.45) is -0.905. The average molecular weight is 554 g/mol. The molecule has 0 saturated heterocycles. The molecule has 216 valence electrons. The van der Waals surface area contributed by atoms with Gasteiger partial charge in [0.15, 0.2) is 0 Å². The molecule has 0 bridgehead atoms. The summed E-state index contributed by atoms with van der Waals surface area (Å²) >= 11 is 0. The summed E-state index contributed by atoms with van der Waals surface area (Å²) < 4.78 is 10.3. The zero-order valence-electron chi connectivity index (χ0n) is 23.8. The van der Waals surface area contributed by atoms with Crippen molar-refractivity contribution in [2.24, 2.45) is 11.8 Å². The molecule has 2 rings (SSSR count). The molecule has 0 radical (unpaired) electrons. The number of nitrogens with one attached hydrogen (secondary N) is 3. The summed E-state index contributed by atoms with van der Waals surface area (Å²) in [5.74, 6) is -3.66. The summed E-state index contributed by atoms with van der Waals surface area (Å²) in [6, 6.07) is 12.9. The highest BCUT2D eigenvalue weighted by molar-refractivity contribution is 6.53. The molecule has 11 nitrogen and oxygen atoms in total. The van der Waals surface area contributed by atoms with E-state index in [2.05, 4.69) is 25.6 Å². The molecule has 0 saturated carbocycles. The first-order valence-electron chi connectivity index (χ1n) is 13.2. The van der Waals surface area contributed by atoms with E-state index in [4.69, 9.17) is 4.65 Å². The molecule has 0 unspecified atom stereocenters. The van der Waals surface area contributed by atoms with Crippen LogP contribution in [0.3, 0.4) is 0 Å². The first kappa shape index (κ1) is 32.4. The predicted molar refractivity (Wildman–Crippen MR) is 151 cm³/mol. The normalized spacial score (nSPS) is 13.2. The molecule has 1 aromatic heterocycles. The summed E-state index contributed by atoms with van der Waals surface area (Å²) in [5.41, 5.74) is 1.47. The number of ether oxygens (including phenoxy) is 1. The van der Waals surface area contributed by atoms with Crippen LogP contribution in [0, 0.1) is 11.8 Å². The van der Waals surface area contributed by atoms with Gasteiger partial charge >= 0.3 is 13.0 Å². The van der Waals surface area contributed by atoms with Crippen molar-refractivity contribution in [3.8, 4) is 11.3 Å². The van der Waals surface area contributed by atoms with Gasteiger partial charge in [-0.3, -0.25) is 19.2 Å². The van der Waals surface area contributed by atoms with E-state index in [0.717, 1.165) is 5.56 Å². The third kappa shape index (κ3) is 10.1. The van der Waals surface area contributed by atoms with Crippen LogP contribution < -0.4 is 15.9 Å². The van der Waals surface area contributed by atoms with Crippen LogP contribution in [0.5, 0.6) is 0 Å². The zero-order valence-corrected chi connectivity index (χ0v) is 23.8. The van der Waals surface area contributed by atoms with E-state index in [1.807, 2.05) is 44.2 Å². The Morgan fingerprint density at radius 2 is 1.62 bits per heavy atom. The second-order valence-electron chi connectivity index (χ2n) is 10.2. The second kappa shape index (κ2) is 15.7. The van der Waals surface area contributed by atoms with Crippen LogP contribution in [0.2, 0.25) is 0 Å². The number of hydrogen-bond donors (Lipinski definition) is 4. The van der Waals surface area contributed by atoms with E-state index in [-0.39, 0.29) is 18.2 Å². The number of esters is 1. The lowest BCUT2D eigenvalue weighted by molar-refractivity contribution is -0.141. The van der Waals surface area contributed by atoms with Crippen LogP contribution in [0.4, 0.5) is 0 Å². The highest BCUT2D eigenvalue weighted by Crippen LogP contribution is 2.17. The van der Waals surface area contributed by atoms with Crippen molar-refractivity contribution >= 4 is 30.8 Å². The van der Waals surface area contributed by atoms with Crippen LogP contribution in [0.15, 0.2) is 48.5 Å². The number of carbonyl (C=O) groups is 4. The largest absolute Gasteiger partial charge is 0.518 e. The number of nitrogens with zero attached hydrogens (tertiary/aromatic N) is 1. The highest BCUT2D eigenvalue weighted by Gasteiger charge is 2.37. The maximum Gasteiger partial charge on any atom is 0.472 e. The molecule has 0 fully saturated rings. The number of amides is 2. The molecule has 0 aliphatic heterocycles. The SMILES string of the molecule is COC(=O)CNB(OC(=O)C(C)C)[C@H](CC(C)C)NC(=O)[C@@H](NC(=O)c1cccc(-c2ccccc2)n1)[C@@H](C)O. The predicted octanol–water partition coefficient (Wildman–Crippen LogP) is 1.75. The van der Waals surface area contributed by atoms with Gasteiger partial charge in [0, 0.05) is 11.5 Å². The maximum atomic E-state index is 13.4. The van der Waals surface area contributed by atoms with Crippen molar-refractivity contribution in [3.05, 3.63) is 54.2 Å². The Labute approximate surface area is 235 Å². The Balaban J connectivity index is 2.25. The summed E-state index contributed by atoms with van der Waals surface area (Å²) in [6.45, 7) is 8.27. The number of methoxy groups -OCH3 is 1. The van der Waals surface area contributed by atoms with Crippen molar-refractivity contribution in [2.75, 3.05) is 13.7 Å². The van der Waals surface area contributed by atoms with Crippen molar-refractivity contribution < 1.29 is 33.7 Å². The van der Waals surface area contributed by atoms with Gasteiger partial charge in [0.1, 0.15) is 11.7 Å². The molecule has 4 N–H and O–H groups in total. The van der Waals surface area contributed by atoms with Gasteiger partial charge in [0.25, 0.3) is 11.9 Å². The van der Waals surface area contributed by atoms with E-state index >= 15 is 0 Å². The number of aliphatic hydroxyl groups is 1. The smallest absolute Gasteiger partial charge is 0.472 e. The maximum absolute atomic E-state index is 13.4. The Morgan fingerprint density at radius 3 is 2.20 bits per heavy atom. The number of aliphatic hydroxyl groups excluding tert-OH is 1. The van der Waals surface area contributed by atoms with Crippen LogP contribution in [0.25, 0.3) is 11.3 Å². The van der Waals surface area contributed by atoms with Gasteiger partial charge in [-0.05, 0) is 31.4 Å². The number of rotatable bonds is 14. The topological polar surface area (TPSA) is 156 Å². The molecular weight excluding hydrogens is 515 g/mol. The fourth-order valence-corrected chi connectivity index (χ4v) is 3.77. The van der Waals surface area contributed by atoms with Crippen LogP contribution in [-0.2, 0) is 23.8 Å². The molecule has 0 aliphatic carbocycles. The average Bonchev–Trinajstić information content (AvgIpc) is 2.93. The minimum absolute atomic E-state index is 0.0509. The van der Waals surface area contributed by atoms with Gasteiger partial charge in [0.2, 0.25) is 5.91 Å². The Morgan fingerprint density at radius 1 is 0.950 bits per heavy atom. The summed E-state index contributed by atoms with van der Waals surface area (Å²) in [4.78, 5) is 55.1. The van der Waals surface area contributed by atoms with Gasteiger partial charge in [-0.2, -0.15) is 0 Å². The first-order chi connectivity index (χ1) is 18.9. The molecule has 1 aromatic carbocycles. The van der Waals surface area contributed by atoms with E-state index in [1.54, 1.807) is 26.0 Å². The van der Waals surface area contributed by atoms with Gasteiger partial charge < -0.3 is 30.4 Å². The molecule has 1 heterocycles. The van der Waals surface area contributed by atoms with Crippen LogP contribution >= 0.6 is 0 Å². The fourth-order valence-electron chi connectivity index (χ4n) is 3.77. The van der Waals surface area contributed by atoms with Crippen molar-refractivity contribution in [2.45, 2.75) is 59.1 Å². The van der Waals surface area contributed by atoms with Gasteiger partial charge in [-0.1, -0.05) is 64.1 Å². The minimum atomic E-state index is -1.34. The molecule has 2 amide bonds. The number of aromatic nitrogens is 1. The third-order valence-corrected chi connectivity index (χ3v) is 5.91. The molecule has 0 aliphatic rings. The van der Waals surface area contributed by atoms with Crippen molar-refractivity contribution in [1.29, 1.82) is 0 Å². The number of pyridine rings is 1. The highest BCUT2D eigenvalue weighted by atomic mass is 16.5. The summed E-state index contributed by atoms with van der Waals surface area (Å²) in [5, 5.41) is 18.6. The molecule has 2 aromatic rings. The van der Waals surface area contributed by atoms with E-state index < -0.39 is 54.8 Å². The van der Waals surface area contributed by atoms with E-state index in [9.17, 15) is 24.3 Å². The number of hydrogen-bond acceptors (Lipinski definition) is 9. The van der Waals surface area contributed by atoms with Gasteiger partial charge in [-0.15, -0.1) is 0 Å². The molecule has 40 heavy (non-hydrogen) atoms. The van der Waals surface area contributed by atoms with Gasteiger partial charge in [0.05, 0.1) is 31.4 Å². The van der Waals surface area contributed by atoms with E-state index in [0.29, 0.717) is 12.1 Å². The molecule has 3 atom stereocenters. The lowest BCUT2D eigenvalue weighted by atomic mass is 9.68. The molecule has 0 spiro atoms. The Kier molecular flexibility index (Phi) is 12.8. The van der Waals surface area contributed by atoms with Crippen LogP contribution in [0.1, 0.15) is 51.5 Å². The lowest BCUT2D eigenvalue weighted by Crippen LogP contribution is -2.62. The lowest BCUT2D eigenvalue weighted by Gasteiger charge is -2.29. The van der Waals surface area contributed by atoms with Crippen LogP contribution in [-0.4, -0.2) is 72.6 Å². The van der Waals surface area contributed by atoms with Crippen molar-refractivity contribution in [1.82, 2.24) is 20.8 Å². The second-order valence-corrected chi connectivity index (χ2v) is 10.2. The summed E-state index contributed by atoms with van der Waals surface area (Å²) in [7, 11) is 0.155. The zero-order chi connectivity index (χ0) is 29.8. The Bertz CT molecular complexity index is 1140. The monoisotopic (exact) mass is 554 g/mol. The standard InChI is InChI=1S/C28H39BN4O7/c1-17(2)15-23(29(30-16-24(35)39-6)40-28(38)18(3)4)32-27(37)25(19(5)34)33-26(36)22-14-10-13-21(31-22)20-11-8-7-9-12-20/h7-14,17-19,23,25,30,34H,15-16H2,1-6H3,(H,32,37)(H,33,36)/t19-,23+,25+/m1/s1. The van der Waals surface area contributed by atoms with E-state index in [1.165, 1.54) is 20.1 Å². The first-order valence-corrected chi connectivity index (χ1v) is 13.2. The van der Waals surface area contributed by atoms with Gasteiger partial charge in [-0.25, -0.2) is 4.98 Å². The molecule has 12 heteroatoms. The fraction of sp³-hybridized carbons (Fsp3) is 0.464. The number of carbonyl (C=O) groups excluding carboxylic acids is 4. The quantitative estimate of drug-likeness (QED) is 0.202. The minimum Gasteiger partial charge on any atom is -0.518 e. The third-order valence-electron chi connectivity index (χ3n) is 5.91. The van der Waals surface area contributed by atoms with Crippen molar-refractivity contribution in [3.63, 3.8) is 0 Å².